The molecule has 1 amide bonds. The van der Waals surface area contributed by atoms with Crippen LogP contribution in [0.2, 0.25) is 0 Å². The summed E-state index contributed by atoms with van der Waals surface area (Å²) in [4.78, 5) is 12.6. The highest BCUT2D eigenvalue weighted by atomic mass is 16.2. The Labute approximate surface area is 133 Å². The minimum absolute atomic E-state index is 0.0100. The van der Waals surface area contributed by atoms with Gasteiger partial charge >= 0.3 is 0 Å². The number of aromatic nitrogens is 1. The van der Waals surface area contributed by atoms with E-state index in [1.807, 2.05) is 20.8 Å². The molecule has 2 aromatic rings. The highest BCUT2D eigenvalue weighted by Crippen LogP contribution is 2.23. The first kappa shape index (κ1) is 16.3. The fraction of sp³-hybridized carbons (Fsp3) is 0.421. The third-order valence-electron chi connectivity index (χ3n) is 4.23. The van der Waals surface area contributed by atoms with E-state index in [-0.39, 0.29) is 11.9 Å². The van der Waals surface area contributed by atoms with E-state index in [0.717, 1.165) is 23.5 Å². The summed E-state index contributed by atoms with van der Waals surface area (Å²) in [6, 6.07) is 8.62. The average molecular weight is 298 g/mol. The Morgan fingerprint density at radius 1 is 1.05 bits per heavy atom. The van der Waals surface area contributed by atoms with Crippen LogP contribution in [0.5, 0.6) is 0 Å². The number of nitrogens with one attached hydrogen (secondary N) is 1. The molecule has 2 rings (SSSR count). The molecule has 1 heterocycles. The number of carbonyl (C=O) groups is 1. The lowest BCUT2D eigenvalue weighted by molar-refractivity contribution is 0.0933. The molecule has 0 unspecified atom stereocenters. The van der Waals surface area contributed by atoms with Gasteiger partial charge in [-0.2, -0.15) is 0 Å². The van der Waals surface area contributed by atoms with Crippen LogP contribution in [0.3, 0.4) is 0 Å². The number of benzene rings is 1. The van der Waals surface area contributed by atoms with Crippen LogP contribution >= 0.6 is 0 Å². The van der Waals surface area contributed by atoms with Gasteiger partial charge in [-0.05, 0) is 58.2 Å². The summed E-state index contributed by atoms with van der Waals surface area (Å²) >= 11 is 0. The van der Waals surface area contributed by atoms with Crippen molar-refractivity contribution in [1.82, 2.24) is 9.88 Å². The summed E-state index contributed by atoms with van der Waals surface area (Å²) in [7, 11) is 0. The van der Waals surface area contributed by atoms with Gasteiger partial charge in [0.15, 0.2) is 0 Å². The van der Waals surface area contributed by atoms with E-state index in [0.29, 0.717) is 0 Å². The lowest BCUT2D eigenvalue weighted by atomic mass is 10.1. The van der Waals surface area contributed by atoms with Crippen molar-refractivity contribution in [3.63, 3.8) is 0 Å². The Kier molecular flexibility index (Phi) is 4.74. The molecule has 1 aromatic carbocycles. The predicted octanol–water partition coefficient (Wildman–Crippen LogP) is 3.91. The Hall–Kier alpha value is -2.03. The summed E-state index contributed by atoms with van der Waals surface area (Å²) in [5.41, 5.74) is 6.67. The Morgan fingerprint density at radius 3 is 2.18 bits per heavy atom. The average Bonchev–Trinajstić information content (AvgIpc) is 2.65. The molecule has 0 atom stereocenters. The molecule has 0 aliphatic rings. The molecule has 3 heteroatoms. The largest absolute Gasteiger partial charge is 0.349 e. The topological polar surface area (TPSA) is 34.0 Å². The molecule has 0 spiro atoms. The molecule has 0 fully saturated rings. The van der Waals surface area contributed by atoms with Crippen LogP contribution in [0, 0.1) is 27.7 Å². The third kappa shape index (κ3) is 3.24. The SMILES string of the molecule is Cc1ccc(Cn2c(C)c(C)c(C)c2C(=O)NC(C)C)cc1. The van der Waals surface area contributed by atoms with Crippen LogP contribution in [0.15, 0.2) is 24.3 Å². The van der Waals surface area contributed by atoms with Crippen molar-refractivity contribution in [1.29, 1.82) is 0 Å². The zero-order valence-corrected chi connectivity index (χ0v) is 14.4. The molecular weight excluding hydrogens is 272 g/mol. The molecule has 0 radical (unpaired) electrons. The maximum atomic E-state index is 12.6. The molecule has 0 saturated heterocycles. The molecule has 22 heavy (non-hydrogen) atoms. The Balaban J connectivity index is 2.43. The quantitative estimate of drug-likeness (QED) is 0.912. The van der Waals surface area contributed by atoms with Gasteiger partial charge in [0.2, 0.25) is 0 Å². The van der Waals surface area contributed by atoms with Crippen molar-refractivity contribution in [2.45, 2.75) is 54.1 Å². The van der Waals surface area contributed by atoms with Gasteiger partial charge in [-0.15, -0.1) is 0 Å². The van der Waals surface area contributed by atoms with Crippen LogP contribution < -0.4 is 5.32 Å². The normalized spacial score (nSPS) is 11.0. The van der Waals surface area contributed by atoms with Gasteiger partial charge in [0.1, 0.15) is 5.69 Å². The molecule has 1 aromatic heterocycles. The van der Waals surface area contributed by atoms with E-state index in [4.69, 9.17) is 0 Å². The van der Waals surface area contributed by atoms with E-state index < -0.39 is 0 Å². The van der Waals surface area contributed by atoms with Crippen molar-refractivity contribution in [3.8, 4) is 0 Å². The molecule has 118 valence electrons. The molecular formula is C19H26N2O. The lowest BCUT2D eigenvalue weighted by Gasteiger charge is -2.14. The van der Waals surface area contributed by atoms with Crippen molar-refractivity contribution in [3.05, 3.63) is 57.9 Å². The third-order valence-corrected chi connectivity index (χ3v) is 4.23. The smallest absolute Gasteiger partial charge is 0.268 e. The van der Waals surface area contributed by atoms with Gasteiger partial charge in [0.25, 0.3) is 5.91 Å². The molecule has 0 bridgehead atoms. The van der Waals surface area contributed by atoms with Gasteiger partial charge < -0.3 is 9.88 Å². The number of rotatable bonds is 4. The number of hydrogen-bond acceptors (Lipinski definition) is 1. The first-order valence-electron chi connectivity index (χ1n) is 7.84. The number of amides is 1. The van der Waals surface area contributed by atoms with Crippen molar-refractivity contribution < 1.29 is 4.79 Å². The number of carbonyl (C=O) groups excluding carboxylic acids is 1. The Morgan fingerprint density at radius 2 is 1.64 bits per heavy atom. The van der Waals surface area contributed by atoms with Crippen LogP contribution in [-0.4, -0.2) is 16.5 Å². The van der Waals surface area contributed by atoms with Crippen LogP contribution in [0.25, 0.3) is 0 Å². The summed E-state index contributed by atoms with van der Waals surface area (Å²) in [6.07, 6.45) is 0. The van der Waals surface area contributed by atoms with Gasteiger partial charge in [-0.25, -0.2) is 0 Å². The highest BCUT2D eigenvalue weighted by molar-refractivity contribution is 5.95. The fourth-order valence-corrected chi connectivity index (χ4v) is 2.72. The summed E-state index contributed by atoms with van der Waals surface area (Å²) in [5, 5.41) is 3.02. The maximum Gasteiger partial charge on any atom is 0.268 e. The van der Waals surface area contributed by atoms with E-state index in [2.05, 4.69) is 54.9 Å². The number of nitrogens with zero attached hydrogens (tertiary/aromatic N) is 1. The van der Waals surface area contributed by atoms with E-state index in [1.165, 1.54) is 16.7 Å². The van der Waals surface area contributed by atoms with E-state index in [1.54, 1.807) is 0 Å². The minimum Gasteiger partial charge on any atom is -0.349 e. The van der Waals surface area contributed by atoms with Gasteiger partial charge in [0.05, 0.1) is 0 Å². The molecule has 0 aliphatic heterocycles. The monoisotopic (exact) mass is 298 g/mol. The zero-order valence-electron chi connectivity index (χ0n) is 14.4. The molecule has 1 N–H and O–H groups in total. The standard InChI is InChI=1S/C19H26N2O/c1-12(2)20-19(22)18-15(5)14(4)16(6)21(18)11-17-9-7-13(3)8-10-17/h7-10,12H,11H2,1-6H3,(H,20,22). The fourth-order valence-electron chi connectivity index (χ4n) is 2.72. The van der Waals surface area contributed by atoms with Crippen molar-refractivity contribution >= 4 is 5.91 Å². The summed E-state index contributed by atoms with van der Waals surface area (Å²) in [6.45, 7) is 13.0. The second kappa shape index (κ2) is 6.39. The second-order valence-corrected chi connectivity index (χ2v) is 6.38. The minimum atomic E-state index is 0.0100. The van der Waals surface area contributed by atoms with Gasteiger partial charge in [-0.1, -0.05) is 29.8 Å². The Bertz CT molecular complexity index is 678. The van der Waals surface area contributed by atoms with E-state index >= 15 is 0 Å². The first-order chi connectivity index (χ1) is 10.3. The maximum absolute atomic E-state index is 12.6. The molecule has 3 nitrogen and oxygen atoms in total. The summed E-state index contributed by atoms with van der Waals surface area (Å²) in [5.74, 6) is 0.0100. The van der Waals surface area contributed by atoms with Gasteiger partial charge in [0, 0.05) is 18.3 Å². The highest BCUT2D eigenvalue weighted by Gasteiger charge is 2.21. The van der Waals surface area contributed by atoms with Crippen LogP contribution in [0.1, 0.15) is 52.3 Å². The lowest BCUT2D eigenvalue weighted by Crippen LogP contribution is -2.32. The zero-order chi connectivity index (χ0) is 16.4. The van der Waals surface area contributed by atoms with Crippen molar-refractivity contribution in [2.24, 2.45) is 0 Å². The van der Waals surface area contributed by atoms with Crippen molar-refractivity contribution in [2.75, 3.05) is 0 Å². The number of aryl methyl sites for hydroxylation is 1. The first-order valence-corrected chi connectivity index (χ1v) is 7.84. The van der Waals surface area contributed by atoms with Gasteiger partial charge in [-0.3, -0.25) is 4.79 Å². The van der Waals surface area contributed by atoms with E-state index in [9.17, 15) is 4.79 Å². The van der Waals surface area contributed by atoms with Crippen LogP contribution in [-0.2, 0) is 6.54 Å². The van der Waals surface area contributed by atoms with Crippen LogP contribution in [0.4, 0.5) is 0 Å². The molecule has 0 aliphatic carbocycles. The number of hydrogen-bond donors (Lipinski definition) is 1. The summed E-state index contributed by atoms with van der Waals surface area (Å²) < 4.78 is 2.13. The molecule has 0 saturated carbocycles. The predicted molar refractivity (Wildman–Crippen MR) is 91.5 cm³/mol. The second-order valence-electron chi connectivity index (χ2n) is 6.38.